The number of nitro benzene ring substituents is 1. The fourth-order valence-electron chi connectivity index (χ4n) is 2.16. The molecule has 0 fully saturated rings. The van der Waals surface area contributed by atoms with Gasteiger partial charge in [-0.1, -0.05) is 6.07 Å². The Kier molecular flexibility index (Phi) is 7.07. The van der Waals surface area contributed by atoms with E-state index in [2.05, 4.69) is 25.0 Å². The van der Waals surface area contributed by atoms with E-state index in [0.717, 1.165) is 0 Å². The van der Waals surface area contributed by atoms with Gasteiger partial charge in [0.15, 0.2) is 6.61 Å². The number of nitrogens with one attached hydrogen (secondary N) is 1. The van der Waals surface area contributed by atoms with E-state index in [1.807, 2.05) is 0 Å². The zero-order chi connectivity index (χ0) is 21.6. The molecule has 1 N–H and O–H groups in total. The van der Waals surface area contributed by atoms with Crippen LogP contribution < -0.4 is 15.0 Å². The summed E-state index contributed by atoms with van der Waals surface area (Å²) < 4.78 is 55.7. The minimum absolute atomic E-state index is 0.0632. The first-order chi connectivity index (χ1) is 13.7. The highest BCUT2D eigenvalue weighted by Crippen LogP contribution is 2.25. The van der Waals surface area contributed by atoms with Gasteiger partial charge in [-0.3, -0.25) is 10.1 Å². The van der Waals surface area contributed by atoms with Crippen molar-refractivity contribution in [3.63, 3.8) is 0 Å². The Balaban J connectivity index is 2.34. The predicted molar refractivity (Wildman–Crippen MR) is 96.2 cm³/mol. The van der Waals surface area contributed by atoms with Gasteiger partial charge in [-0.15, -0.1) is 0 Å². The highest BCUT2D eigenvalue weighted by molar-refractivity contribution is 5.58. The Hall–Kier alpha value is -3.25. The molecule has 2 rings (SSSR count). The van der Waals surface area contributed by atoms with E-state index >= 15 is 0 Å². The molecule has 1 aromatic carbocycles. The molecule has 13 heteroatoms. The van der Waals surface area contributed by atoms with Gasteiger partial charge in [-0.05, 0) is 19.9 Å². The number of nitro groups is 1. The maximum atomic E-state index is 13.2. The Morgan fingerprint density at radius 1 is 1.24 bits per heavy atom. The molecule has 2 aromatic rings. The number of nitrogens with zero attached hydrogens (tertiary/aromatic N) is 5. The zero-order valence-corrected chi connectivity index (χ0v) is 15.5. The summed E-state index contributed by atoms with van der Waals surface area (Å²) in [7, 11) is 0. The smallest absolute Gasteiger partial charge is 0.340 e. The molecule has 0 saturated heterocycles. The lowest BCUT2D eigenvalue weighted by molar-refractivity contribution is -0.384. The van der Waals surface area contributed by atoms with E-state index in [1.54, 1.807) is 18.7 Å². The lowest BCUT2D eigenvalue weighted by atomic mass is 10.3. The number of benzene rings is 1. The van der Waals surface area contributed by atoms with Crippen molar-refractivity contribution >= 4 is 23.3 Å². The van der Waals surface area contributed by atoms with Gasteiger partial charge in [0.1, 0.15) is 0 Å². The quantitative estimate of drug-likeness (QED) is 0.354. The number of halogens is 4. The van der Waals surface area contributed by atoms with Crippen LogP contribution in [-0.4, -0.2) is 51.9 Å². The second kappa shape index (κ2) is 9.30. The van der Waals surface area contributed by atoms with Crippen LogP contribution in [0.3, 0.4) is 0 Å². The second-order valence-electron chi connectivity index (χ2n) is 5.70. The molecule has 0 unspecified atom stereocenters. The molecular weight excluding hydrogens is 400 g/mol. The monoisotopic (exact) mass is 418 g/mol. The number of ether oxygens (including phenoxy) is 1. The zero-order valence-electron chi connectivity index (χ0n) is 15.5. The van der Waals surface area contributed by atoms with Crippen molar-refractivity contribution in [3.05, 3.63) is 34.4 Å². The highest BCUT2D eigenvalue weighted by atomic mass is 19.3. The molecular formula is C16H18F4N6O3. The molecule has 0 spiro atoms. The Morgan fingerprint density at radius 3 is 2.52 bits per heavy atom. The number of rotatable bonds is 10. The summed E-state index contributed by atoms with van der Waals surface area (Å²) in [6.45, 7) is 2.90. The first-order valence-electron chi connectivity index (χ1n) is 8.47. The molecule has 0 atom stereocenters. The van der Waals surface area contributed by atoms with Gasteiger partial charge in [-0.25, -0.2) is 8.78 Å². The summed E-state index contributed by atoms with van der Waals surface area (Å²) in [5.41, 5.74) is 0.0563. The number of hydrogen-bond donors (Lipinski definition) is 1. The van der Waals surface area contributed by atoms with Crippen molar-refractivity contribution in [2.24, 2.45) is 0 Å². The van der Waals surface area contributed by atoms with Crippen LogP contribution >= 0.6 is 0 Å². The minimum Gasteiger partial charge on any atom is -0.457 e. The molecule has 0 radical (unpaired) electrons. The van der Waals surface area contributed by atoms with Gasteiger partial charge in [0.25, 0.3) is 5.69 Å². The average molecular weight is 418 g/mol. The topological polar surface area (TPSA) is 106 Å². The third kappa shape index (κ3) is 5.86. The van der Waals surface area contributed by atoms with Crippen molar-refractivity contribution in [1.29, 1.82) is 0 Å². The Labute approximate surface area is 162 Å². The van der Waals surface area contributed by atoms with E-state index in [9.17, 15) is 27.7 Å². The van der Waals surface area contributed by atoms with Crippen LogP contribution in [0.5, 0.6) is 6.01 Å². The van der Waals surface area contributed by atoms with Crippen LogP contribution in [0.1, 0.15) is 13.8 Å². The SMILES string of the molecule is CCN(CC)c1nc(Nc2cccc([N+](=O)[O-])c2)nc(OCC(F)(F)C(F)F)n1. The molecule has 0 aliphatic rings. The van der Waals surface area contributed by atoms with E-state index < -0.39 is 29.9 Å². The molecule has 0 bridgehead atoms. The Bertz CT molecular complexity index is 851. The van der Waals surface area contributed by atoms with Crippen molar-refractivity contribution in [2.45, 2.75) is 26.2 Å². The van der Waals surface area contributed by atoms with E-state index in [0.29, 0.717) is 13.1 Å². The maximum Gasteiger partial charge on any atom is 0.340 e. The Morgan fingerprint density at radius 2 is 1.93 bits per heavy atom. The van der Waals surface area contributed by atoms with Crippen LogP contribution in [0, 0.1) is 10.1 Å². The minimum atomic E-state index is -4.38. The molecule has 158 valence electrons. The number of non-ortho nitro benzene ring substituents is 1. The summed E-state index contributed by atoms with van der Waals surface area (Å²) in [5, 5.41) is 13.6. The molecule has 0 saturated carbocycles. The third-order valence-corrected chi connectivity index (χ3v) is 3.68. The van der Waals surface area contributed by atoms with Crippen molar-refractivity contribution in [2.75, 3.05) is 29.9 Å². The molecule has 0 aliphatic carbocycles. The largest absolute Gasteiger partial charge is 0.457 e. The van der Waals surface area contributed by atoms with Gasteiger partial charge in [-0.2, -0.15) is 23.7 Å². The first-order valence-corrected chi connectivity index (χ1v) is 8.47. The van der Waals surface area contributed by atoms with Crippen molar-refractivity contribution in [3.8, 4) is 6.01 Å². The predicted octanol–water partition coefficient (Wildman–Crippen LogP) is 3.65. The van der Waals surface area contributed by atoms with Gasteiger partial charge in [0.2, 0.25) is 11.9 Å². The van der Waals surface area contributed by atoms with Gasteiger partial charge >= 0.3 is 18.4 Å². The lowest BCUT2D eigenvalue weighted by Gasteiger charge is -2.20. The summed E-state index contributed by atoms with van der Waals surface area (Å²) in [6.07, 6.45) is -3.91. The second-order valence-corrected chi connectivity index (χ2v) is 5.70. The summed E-state index contributed by atoms with van der Waals surface area (Å²) in [4.78, 5) is 23.7. The van der Waals surface area contributed by atoms with Crippen LogP contribution in [0.4, 0.5) is 40.8 Å². The van der Waals surface area contributed by atoms with Crippen LogP contribution in [0.15, 0.2) is 24.3 Å². The molecule has 0 amide bonds. The van der Waals surface area contributed by atoms with Crippen LogP contribution in [0.2, 0.25) is 0 Å². The van der Waals surface area contributed by atoms with Crippen LogP contribution in [-0.2, 0) is 0 Å². The van der Waals surface area contributed by atoms with Gasteiger partial charge in [0.05, 0.1) is 4.92 Å². The molecule has 29 heavy (non-hydrogen) atoms. The summed E-state index contributed by atoms with van der Waals surface area (Å²) in [6, 6.07) is 4.83. The normalized spacial score (nSPS) is 11.4. The third-order valence-electron chi connectivity index (χ3n) is 3.68. The fraction of sp³-hybridized carbons (Fsp3) is 0.438. The first kappa shape index (κ1) is 22.0. The highest BCUT2D eigenvalue weighted by Gasteiger charge is 2.42. The summed E-state index contributed by atoms with van der Waals surface area (Å²) >= 11 is 0. The molecule has 1 aromatic heterocycles. The van der Waals surface area contributed by atoms with Crippen molar-refractivity contribution < 1.29 is 27.2 Å². The molecule has 1 heterocycles. The standard InChI is InChI=1S/C16H18F4N6O3/c1-3-25(4-2)14-22-13(21-10-6-5-7-11(8-10)26(27)28)23-15(24-14)29-9-16(19,20)12(17)18/h5-8,12H,3-4,9H2,1-2H3,(H,21,22,23,24). The maximum absolute atomic E-state index is 13.2. The van der Waals surface area contributed by atoms with Gasteiger partial charge in [0, 0.05) is 30.9 Å². The fourth-order valence-corrected chi connectivity index (χ4v) is 2.16. The number of alkyl halides is 4. The number of anilines is 3. The number of aromatic nitrogens is 3. The molecule has 0 aliphatic heterocycles. The lowest BCUT2D eigenvalue weighted by Crippen LogP contribution is -2.34. The summed E-state index contributed by atoms with van der Waals surface area (Å²) in [5.74, 6) is -4.47. The van der Waals surface area contributed by atoms with E-state index in [1.165, 1.54) is 24.3 Å². The van der Waals surface area contributed by atoms with Crippen molar-refractivity contribution in [1.82, 2.24) is 15.0 Å². The van der Waals surface area contributed by atoms with E-state index in [-0.39, 0.29) is 23.3 Å². The van der Waals surface area contributed by atoms with Crippen LogP contribution in [0.25, 0.3) is 0 Å². The van der Waals surface area contributed by atoms with Gasteiger partial charge < -0.3 is 15.0 Å². The number of hydrogen-bond acceptors (Lipinski definition) is 8. The average Bonchev–Trinajstić information content (AvgIpc) is 2.67. The van der Waals surface area contributed by atoms with E-state index in [4.69, 9.17) is 0 Å². The molecule has 9 nitrogen and oxygen atoms in total.